The van der Waals surface area contributed by atoms with Crippen LogP contribution < -0.4 is 0 Å². The Kier molecular flexibility index (Phi) is 5.11. The number of aliphatic carboxylic acids is 1. The van der Waals surface area contributed by atoms with E-state index < -0.39 is 24.3 Å². The number of rotatable bonds is 5. The zero-order chi connectivity index (χ0) is 13.0. The third-order valence-electron chi connectivity index (χ3n) is 2.44. The molecule has 0 aliphatic heterocycles. The molecule has 0 fully saturated rings. The number of benzene rings is 1. The minimum atomic E-state index is -1.09. The van der Waals surface area contributed by atoms with Crippen molar-refractivity contribution in [3.63, 3.8) is 0 Å². The van der Waals surface area contributed by atoms with Crippen LogP contribution in [0.3, 0.4) is 0 Å². The number of hydrogen-bond acceptors (Lipinski definition) is 3. The first-order valence-corrected chi connectivity index (χ1v) is 6.03. The highest BCUT2D eigenvalue weighted by Gasteiger charge is 2.26. The lowest BCUT2D eigenvalue weighted by atomic mass is 10.1. The normalized spacial score (nSPS) is 16.2. The Bertz CT molecular complexity index is 392. The van der Waals surface area contributed by atoms with Crippen molar-refractivity contribution in [1.29, 1.82) is 0 Å². The SMILES string of the molecule is CC(O)C(C)OC(C(=O)O)c1ccccc1Br. The van der Waals surface area contributed by atoms with Crippen molar-refractivity contribution in [1.82, 2.24) is 0 Å². The number of aliphatic hydroxyl groups is 1. The van der Waals surface area contributed by atoms with Gasteiger partial charge in [-0.05, 0) is 19.9 Å². The molecule has 2 N–H and O–H groups in total. The summed E-state index contributed by atoms with van der Waals surface area (Å²) in [7, 11) is 0. The fourth-order valence-electron chi connectivity index (χ4n) is 1.28. The van der Waals surface area contributed by atoms with Gasteiger partial charge in [-0.1, -0.05) is 34.1 Å². The van der Waals surface area contributed by atoms with Gasteiger partial charge >= 0.3 is 5.97 Å². The molecule has 0 aromatic heterocycles. The summed E-state index contributed by atoms with van der Waals surface area (Å²) in [5.41, 5.74) is 0.535. The lowest BCUT2D eigenvalue weighted by molar-refractivity contribution is -0.158. The summed E-state index contributed by atoms with van der Waals surface area (Å²) in [6.07, 6.45) is -2.36. The molecule has 0 saturated carbocycles. The number of halogens is 1. The number of carbonyl (C=O) groups is 1. The van der Waals surface area contributed by atoms with Gasteiger partial charge in [0.1, 0.15) is 0 Å². The predicted octanol–water partition coefficient (Wildman–Crippen LogP) is 2.36. The summed E-state index contributed by atoms with van der Waals surface area (Å²) in [5.74, 6) is -1.08. The summed E-state index contributed by atoms with van der Waals surface area (Å²) >= 11 is 3.29. The van der Waals surface area contributed by atoms with Crippen molar-refractivity contribution in [2.75, 3.05) is 0 Å². The molecule has 0 spiro atoms. The van der Waals surface area contributed by atoms with Gasteiger partial charge in [0.15, 0.2) is 6.10 Å². The Hall–Kier alpha value is -0.910. The van der Waals surface area contributed by atoms with E-state index in [0.717, 1.165) is 0 Å². The topological polar surface area (TPSA) is 66.8 Å². The van der Waals surface area contributed by atoms with Gasteiger partial charge in [0, 0.05) is 10.0 Å². The van der Waals surface area contributed by atoms with Crippen molar-refractivity contribution in [3.8, 4) is 0 Å². The highest BCUT2D eigenvalue weighted by Crippen LogP contribution is 2.27. The quantitative estimate of drug-likeness (QED) is 0.876. The fourth-order valence-corrected chi connectivity index (χ4v) is 1.77. The zero-order valence-corrected chi connectivity index (χ0v) is 11.2. The van der Waals surface area contributed by atoms with Gasteiger partial charge in [-0.25, -0.2) is 4.79 Å². The zero-order valence-electron chi connectivity index (χ0n) is 9.63. The summed E-state index contributed by atoms with van der Waals surface area (Å²) in [5, 5.41) is 18.5. The van der Waals surface area contributed by atoms with Crippen molar-refractivity contribution >= 4 is 21.9 Å². The molecule has 4 nitrogen and oxygen atoms in total. The van der Waals surface area contributed by atoms with Gasteiger partial charge in [-0.15, -0.1) is 0 Å². The lowest BCUT2D eigenvalue weighted by Gasteiger charge is -2.22. The average molecular weight is 303 g/mol. The highest BCUT2D eigenvalue weighted by atomic mass is 79.9. The Balaban J connectivity index is 2.95. The maximum atomic E-state index is 11.2. The molecule has 0 radical (unpaired) electrons. The number of aliphatic hydroxyl groups excluding tert-OH is 1. The second-order valence-corrected chi connectivity index (χ2v) is 4.68. The number of ether oxygens (including phenoxy) is 1. The summed E-state index contributed by atoms with van der Waals surface area (Å²) in [4.78, 5) is 11.2. The molecule has 0 saturated heterocycles. The largest absolute Gasteiger partial charge is 0.479 e. The molecule has 5 heteroatoms. The summed E-state index contributed by atoms with van der Waals surface area (Å²) in [6.45, 7) is 3.20. The van der Waals surface area contributed by atoms with Gasteiger partial charge in [0.05, 0.1) is 12.2 Å². The van der Waals surface area contributed by atoms with Crippen molar-refractivity contribution < 1.29 is 19.7 Å². The minimum absolute atomic E-state index is 0.535. The first-order chi connectivity index (χ1) is 7.93. The summed E-state index contributed by atoms with van der Waals surface area (Å²) < 4.78 is 6.03. The maximum absolute atomic E-state index is 11.2. The third kappa shape index (κ3) is 3.80. The van der Waals surface area contributed by atoms with Gasteiger partial charge < -0.3 is 14.9 Å². The molecule has 17 heavy (non-hydrogen) atoms. The maximum Gasteiger partial charge on any atom is 0.337 e. The Morgan fingerprint density at radius 3 is 2.41 bits per heavy atom. The number of carboxylic acids is 1. The Morgan fingerprint density at radius 1 is 1.35 bits per heavy atom. The molecule has 0 aliphatic carbocycles. The van der Waals surface area contributed by atoms with Crippen LogP contribution in [0.1, 0.15) is 25.5 Å². The van der Waals surface area contributed by atoms with Crippen LogP contribution in [-0.4, -0.2) is 28.4 Å². The van der Waals surface area contributed by atoms with E-state index in [1.54, 1.807) is 38.1 Å². The van der Waals surface area contributed by atoms with Crippen LogP contribution in [0, 0.1) is 0 Å². The van der Waals surface area contributed by atoms with Gasteiger partial charge in [0.25, 0.3) is 0 Å². The molecule has 3 unspecified atom stereocenters. The molecule has 1 aromatic rings. The standard InChI is InChI=1S/C12H15BrO4/c1-7(14)8(2)17-11(12(15)16)9-5-3-4-6-10(9)13/h3-8,11,14H,1-2H3,(H,15,16). The molecular formula is C12H15BrO4. The van der Waals surface area contributed by atoms with E-state index in [1.165, 1.54) is 0 Å². The smallest absolute Gasteiger partial charge is 0.337 e. The lowest BCUT2D eigenvalue weighted by Crippen LogP contribution is -2.28. The number of hydrogen-bond donors (Lipinski definition) is 2. The molecule has 1 rings (SSSR count). The predicted molar refractivity (Wildman–Crippen MR) is 66.7 cm³/mol. The van der Waals surface area contributed by atoms with Gasteiger partial charge in [-0.3, -0.25) is 0 Å². The molecule has 1 aromatic carbocycles. The van der Waals surface area contributed by atoms with E-state index in [-0.39, 0.29) is 0 Å². The molecule has 0 aliphatic rings. The second-order valence-electron chi connectivity index (χ2n) is 3.82. The Labute approximate surface area is 108 Å². The van der Waals surface area contributed by atoms with E-state index in [0.29, 0.717) is 10.0 Å². The van der Waals surface area contributed by atoms with Crippen LogP contribution in [0.15, 0.2) is 28.7 Å². The first kappa shape index (κ1) is 14.2. The molecule has 94 valence electrons. The van der Waals surface area contributed by atoms with E-state index in [9.17, 15) is 9.90 Å². The van der Waals surface area contributed by atoms with E-state index >= 15 is 0 Å². The molecule has 0 bridgehead atoms. The molecular weight excluding hydrogens is 288 g/mol. The molecule has 0 amide bonds. The van der Waals surface area contributed by atoms with Crippen LogP contribution >= 0.6 is 15.9 Å². The van der Waals surface area contributed by atoms with Gasteiger partial charge in [-0.2, -0.15) is 0 Å². The van der Waals surface area contributed by atoms with Gasteiger partial charge in [0.2, 0.25) is 0 Å². The monoisotopic (exact) mass is 302 g/mol. The number of carboxylic acid groups (broad SMARTS) is 1. The fraction of sp³-hybridized carbons (Fsp3) is 0.417. The van der Waals surface area contributed by atoms with E-state index in [1.807, 2.05) is 0 Å². The van der Waals surface area contributed by atoms with Crippen molar-refractivity contribution in [2.45, 2.75) is 32.2 Å². The second kappa shape index (κ2) is 6.14. The van der Waals surface area contributed by atoms with E-state index in [4.69, 9.17) is 9.84 Å². The third-order valence-corrected chi connectivity index (χ3v) is 3.16. The van der Waals surface area contributed by atoms with E-state index in [2.05, 4.69) is 15.9 Å². The van der Waals surface area contributed by atoms with Crippen LogP contribution in [0.4, 0.5) is 0 Å². The van der Waals surface area contributed by atoms with Crippen molar-refractivity contribution in [2.24, 2.45) is 0 Å². The van der Waals surface area contributed by atoms with Crippen LogP contribution in [-0.2, 0) is 9.53 Å². The molecule has 3 atom stereocenters. The summed E-state index contributed by atoms with van der Waals surface area (Å²) in [6, 6.07) is 6.97. The first-order valence-electron chi connectivity index (χ1n) is 5.24. The minimum Gasteiger partial charge on any atom is -0.479 e. The average Bonchev–Trinajstić information content (AvgIpc) is 2.26. The van der Waals surface area contributed by atoms with Crippen LogP contribution in [0.2, 0.25) is 0 Å². The van der Waals surface area contributed by atoms with Crippen LogP contribution in [0.5, 0.6) is 0 Å². The van der Waals surface area contributed by atoms with Crippen LogP contribution in [0.25, 0.3) is 0 Å². The molecule has 0 heterocycles. The van der Waals surface area contributed by atoms with Crippen molar-refractivity contribution in [3.05, 3.63) is 34.3 Å². The Morgan fingerprint density at radius 2 is 1.94 bits per heavy atom. The highest BCUT2D eigenvalue weighted by molar-refractivity contribution is 9.10.